The number of halogens is 2. The monoisotopic (exact) mass is 552 g/mol. The van der Waals surface area contributed by atoms with Crippen LogP contribution in [0.15, 0.2) is 78.0 Å². The van der Waals surface area contributed by atoms with Gasteiger partial charge in [0.25, 0.3) is 0 Å². The minimum Gasteiger partial charge on any atom is -0.349 e. The zero-order chi connectivity index (χ0) is 26.7. The molecule has 4 aromatic rings. The van der Waals surface area contributed by atoms with E-state index in [-0.39, 0.29) is 17.4 Å². The van der Waals surface area contributed by atoms with E-state index in [1.807, 2.05) is 54.8 Å². The van der Waals surface area contributed by atoms with Gasteiger partial charge in [0.05, 0.1) is 11.3 Å². The van der Waals surface area contributed by atoms with Crippen LogP contribution < -0.4 is 5.32 Å². The molecule has 1 aromatic heterocycles. The van der Waals surface area contributed by atoms with Gasteiger partial charge in [-0.25, -0.2) is 0 Å². The zero-order valence-corrected chi connectivity index (χ0v) is 23.8. The Balaban J connectivity index is 1.59. The lowest BCUT2D eigenvalue weighted by Gasteiger charge is -2.20. The summed E-state index contributed by atoms with van der Waals surface area (Å²) in [5, 5.41) is 13.4. The van der Waals surface area contributed by atoms with E-state index in [1.165, 1.54) is 17.3 Å². The summed E-state index contributed by atoms with van der Waals surface area (Å²) in [6, 6.07) is 23.4. The molecule has 1 heterocycles. The summed E-state index contributed by atoms with van der Waals surface area (Å²) >= 11 is 13.7. The third-order valence-electron chi connectivity index (χ3n) is 6.10. The highest BCUT2D eigenvalue weighted by Crippen LogP contribution is 2.32. The third-order valence-corrected chi connectivity index (χ3v) is 7.70. The van der Waals surface area contributed by atoms with Crippen molar-refractivity contribution in [1.29, 1.82) is 0 Å². The SMILES string of the molecule is C[C@H](Sc1nnc(-c2ccc(C(C)(C)C)cc2)n1-c1ccccc1)C(=O)N[C@@H](C)c1ccc(Cl)cc1Cl. The molecule has 1 amide bonds. The van der Waals surface area contributed by atoms with Crippen LogP contribution in [0.3, 0.4) is 0 Å². The maximum absolute atomic E-state index is 13.1. The summed E-state index contributed by atoms with van der Waals surface area (Å²) in [5.41, 5.74) is 4.00. The van der Waals surface area contributed by atoms with E-state index in [9.17, 15) is 4.79 Å². The Bertz CT molecular complexity index is 1380. The van der Waals surface area contributed by atoms with Crippen LogP contribution in [-0.4, -0.2) is 25.9 Å². The summed E-state index contributed by atoms with van der Waals surface area (Å²) in [6.45, 7) is 10.3. The van der Waals surface area contributed by atoms with Gasteiger partial charge in [-0.15, -0.1) is 10.2 Å². The van der Waals surface area contributed by atoms with Gasteiger partial charge in [-0.05, 0) is 54.7 Å². The smallest absolute Gasteiger partial charge is 0.233 e. The molecule has 0 saturated heterocycles. The summed E-state index contributed by atoms with van der Waals surface area (Å²) in [7, 11) is 0. The molecule has 0 unspecified atom stereocenters. The molecule has 0 spiro atoms. The first-order valence-electron chi connectivity index (χ1n) is 12.1. The van der Waals surface area contributed by atoms with E-state index in [1.54, 1.807) is 12.1 Å². The van der Waals surface area contributed by atoms with Crippen molar-refractivity contribution in [2.45, 2.75) is 56.5 Å². The molecule has 4 rings (SSSR count). The van der Waals surface area contributed by atoms with E-state index in [4.69, 9.17) is 23.2 Å². The number of thioether (sulfide) groups is 1. The number of hydrogen-bond donors (Lipinski definition) is 1. The lowest BCUT2D eigenvalue weighted by atomic mass is 9.87. The number of para-hydroxylation sites is 1. The van der Waals surface area contributed by atoms with E-state index >= 15 is 0 Å². The van der Waals surface area contributed by atoms with Gasteiger partial charge in [-0.3, -0.25) is 9.36 Å². The minimum absolute atomic E-state index is 0.0583. The number of benzene rings is 3. The van der Waals surface area contributed by atoms with Crippen molar-refractivity contribution in [1.82, 2.24) is 20.1 Å². The van der Waals surface area contributed by atoms with Gasteiger partial charge in [0, 0.05) is 21.3 Å². The highest BCUT2D eigenvalue weighted by Gasteiger charge is 2.24. The van der Waals surface area contributed by atoms with Gasteiger partial charge in [0.1, 0.15) is 0 Å². The van der Waals surface area contributed by atoms with Crippen LogP contribution in [0.4, 0.5) is 0 Å². The quantitative estimate of drug-likeness (QED) is 0.237. The number of rotatable bonds is 7. The van der Waals surface area contributed by atoms with Crippen LogP contribution in [0.5, 0.6) is 0 Å². The fraction of sp³-hybridized carbons (Fsp3) is 0.276. The molecule has 0 aliphatic carbocycles. The van der Waals surface area contributed by atoms with E-state index < -0.39 is 5.25 Å². The molecule has 37 heavy (non-hydrogen) atoms. The number of amides is 1. The Morgan fingerprint density at radius 3 is 2.24 bits per heavy atom. The van der Waals surface area contributed by atoms with Gasteiger partial charge in [-0.2, -0.15) is 0 Å². The average Bonchev–Trinajstić information content (AvgIpc) is 3.27. The van der Waals surface area contributed by atoms with Crippen LogP contribution in [0, 0.1) is 0 Å². The molecular weight excluding hydrogens is 523 g/mol. The number of nitrogens with one attached hydrogen (secondary N) is 1. The molecule has 0 radical (unpaired) electrons. The predicted octanol–water partition coefficient (Wildman–Crippen LogP) is 7.90. The zero-order valence-electron chi connectivity index (χ0n) is 21.5. The molecule has 3 aromatic carbocycles. The van der Waals surface area contributed by atoms with Crippen molar-refractivity contribution in [2.75, 3.05) is 0 Å². The van der Waals surface area contributed by atoms with Crippen molar-refractivity contribution in [3.63, 3.8) is 0 Å². The maximum Gasteiger partial charge on any atom is 0.233 e. The normalized spacial score (nSPS) is 13.3. The molecule has 192 valence electrons. The average molecular weight is 554 g/mol. The first-order valence-corrected chi connectivity index (χ1v) is 13.7. The second kappa shape index (κ2) is 11.3. The van der Waals surface area contributed by atoms with Crippen LogP contribution in [0.25, 0.3) is 17.1 Å². The molecule has 2 atom stereocenters. The molecule has 0 bridgehead atoms. The van der Waals surface area contributed by atoms with Gasteiger partial charge in [0.2, 0.25) is 5.91 Å². The Hall–Kier alpha value is -2.80. The first-order chi connectivity index (χ1) is 17.5. The number of carbonyl (C=O) groups excluding carboxylic acids is 1. The number of aromatic nitrogens is 3. The van der Waals surface area contributed by atoms with Gasteiger partial charge >= 0.3 is 0 Å². The van der Waals surface area contributed by atoms with E-state index in [0.717, 1.165) is 22.6 Å². The molecule has 0 aliphatic rings. The topological polar surface area (TPSA) is 59.8 Å². The Labute approximate surface area is 232 Å². The Kier molecular flexibility index (Phi) is 8.32. The first kappa shape index (κ1) is 27.2. The number of hydrogen-bond acceptors (Lipinski definition) is 4. The number of carbonyl (C=O) groups is 1. The van der Waals surface area contributed by atoms with Crippen LogP contribution in [0.2, 0.25) is 10.0 Å². The molecule has 8 heteroatoms. The fourth-order valence-corrected chi connectivity index (χ4v) is 5.38. The Morgan fingerprint density at radius 2 is 1.62 bits per heavy atom. The molecule has 0 saturated carbocycles. The van der Waals surface area contributed by atoms with Crippen LogP contribution in [-0.2, 0) is 10.2 Å². The number of nitrogens with zero attached hydrogens (tertiary/aromatic N) is 3. The van der Waals surface area contributed by atoms with Crippen molar-refractivity contribution in [2.24, 2.45) is 0 Å². The fourth-order valence-electron chi connectivity index (χ4n) is 3.94. The van der Waals surface area contributed by atoms with Crippen LogP contribution >= 0.6 is 35.0 Å². The summed E-state index contributed by atoms with van der Waals surface area (Å²) in [5.74, 6) is 0.602. The maximum atomic E-state index is 13.1. The molecule has 0 fully saturated rings. The van der Waals surface area contributed by atoms with Gasteiger partial charge < -0.3 is 5.32 Å². The lowest BCUT2D eigenvalue weighted by molar-refractivity contribution is -0.120. The standard InChI is InChI=1S/C29H30Cl2N4OS/c1-18(24-16-15-22(30)17-25(24)31)32-27(36)19(2)37-28-34-33-26(35(28)23-9-7-6-8-10-23)20-11-13-21(14-12-20)29(3,4)5/h6-19H,1-5H3,(H,32,36)/t18-,19-/m0/s1. The lowest BCUT2D eigenvalue weighted by Crippen LogP contribution is -2.33. The molecule has 0 aliphatic heterocycles. The minimum atomic E-state index is -0.420. The van der Waals surface area contributed by atoms with Gasteiger partial charge in [0.15, 0.2) is 11.0 Å². The second-order valence-electron chi connectivity index (χ2n) is 9.96. The van der Waals surface area contributed by atoms with E-state index in [2.05, 4.69) is 60.6 Å². The third kappa shape index (κ3) is 6.38. The van der Waals surface area contributed by atoms with Crippen molar-refractivity contribution < 1.29 is 4.79 Å². The second-order valence-corrected chi connectivity index (χ2v) is 12.1. The predicted molar refractivity (Wildman–Crippen MR) is 154 cm³/mol. The highest BCUT2D eigenvalue weighted by molar-refractivity contribution is 8.00. The van der Waals surface area contributed by atoms with Crippen molar-refractivity contribution in [3.05, 3.63) is 94.0 Å². The molecular formula is C29H30Cl2N4OS. The molecule has 5 nitrogen and oxygen atoms in total. The van der Waals surface area contributed by atoms with Crippen LogP contribution in [0.1, 0.15) is 51.8 Å². The highest BCUT2D eigenvalue weighted by atomic mass is 35.5. The summed E-state index contributed by atoms with van der Waals surface area (Å²) < 4.78 is 2.00. The summed E-state index contributed by atoms with van der Waals surface area (Å²) in [4.78, 5) is 13.1. The van der Waals surface area contributed by atoms with E-state index in [0.29, 0.717) is 15.2 Å². The van der Waals surface area contributed by atoms with Crippen molar-refractivity contribution in [3.8, 4) is 17.1 Å². The van der Waals surface area contributed by atoms with Gasteiger partial charge in [-0.1, -0.05) is 104 Å². The largest absolute Gasteiger partial charge is 0.349 e. The summed E-state index contributed by atoms with van der Waals surface area (Å²) in [6.07, 6.45) is 0. The Morgan fingerprint density at radius 1 is 0.946 bits per heavy atom. The molecule has 1 N–H and O–H groups in total. The van der Waals surface area contributed by atoms with Crippen molar-refractivity contribution >= 4 is 40.9 Å².